The number of rotatable bonds is 3. The summed E-state index contributed by atoms with van der Waals surface area (Å²) in [7, 11) is 0. The summed E-state index contributed by atoms with van der Waals surface area (Å²) in [4.78, 5) is 0. The molecule has 0 bridgehead atoms. The van der Waals surface area contributed by atoms with Gasteiger partial charge in [-0.25, -0.2) is 0 Å². The molecular weight excluding hydrogens is 677 g/mol. The third kappa shape index (κ3) is 4.00. The van der Waals surface area contributed by atoms with Gasteiger partial charge in [-0.3, -0.25) is 0 Å². The largest absolute Gasteiger partial charge is 0.309 e. The highest BCUT2D eigenvalue weighted by molar-refractivity contribution is 6.22. The number of benzene rings is 10. The van der Waals surface area contributed by atoms with E-state index in [2.05, 4.69) is 203 Å². The van der Waals surface area contributed by atoms with Gasteiger partial charge >= 0.3 is 0 Å². The molecule has 0 spiro atoms. The first-order chi connectivity index (χ1) is 27.8. The van der Waals surface area contributed by atoms with E-state index in [9.17, 15) is 0 Å². The second-order valence-electron chi connectivity index (χ2n) is 15.3. The van der Waals surface area contributed by atoms with E-state index in [4.69, 9.17) is 0 Å². The Labute approximate surface area is 322 Å². The first-order valence-corrected chi connectivity index (χ1v) is 19.4. The zero-order valence-electron chi connectivity index (χ0n) is 30.4. The average Bonchev–Trinajstić information content (AvgIpc) is 3.90. The van der Waals surface area contributed by atoms with E-state index in [0.717, 1.165) is 0 Å². The monoisotopic (exact) mass is 708 g/mol. The minimum Gasteiger partial charge on any atom is -0.309 e. The van der Waals surface area contributed by atoms with Gasteiger partial charge in [0.1, 0.15) is 0 Å². The molecule has 0 saturated heterocycles. The second kappa shape index (κ2) is 11.1. The summed E-state index contributed by atoms with van der Waals surface area (Å²) in [5.74, 6) is 0. The molecule has 10 aromatic carbocycles. The highest BCUT2D eigenvalue weighted by Gasteiger charge is 2.24. The fraction of sp³-hybridized carbons (Fsp3) is 0. The maximum absolute atomic E-state index is 2.52. The Kier molecular flexibility index (Phi) is 5.92. The first kappa shape index (κ1) is 30.0. The smallest absolute Gasteiger partial charge is 0.0619 e. The third-order valence-corrected chi connectivity index (χ3v) is 12.4. The molecular formula is C54H32N2. The molecule has 13 rings (SSSR count). The summed E-state index contributed by atoms with van der Waals surface area (Å²) in [5, 5.41) is 12.7. The Bertz CT molecular complexity index is 3640. The van der Waals surface area contributed by atoms with Crippen LogP contribution in [0.1, 0.15) is 0 Å². The van der Waals surface area contributed by atoms with Gasteiger partial charge in [0.25, 0.3) is 0 Å². The lowest BCUT2D eigenvalue weighted by molar-refractivity contribution is 1.19. The van der Waals surface area contributed by atoms with Gasteiger partial charge in [-0.2, -0.15) is 0 Å². The third-order valence-electron chi connectivity index (χ3n) is 12.4. The van der Waals surface area contributed by atoms with Gasteiger partial charge in [-0.15, -0.1) is 0 Å². The highest BCUT2D eigenvalue weighted by atomic mass is 15.0. The van der Waals surface area contributed by atoms with Crippen LogP contribution in [0.25, 0.3) is 121 Å². The Balaban J connectivity index is 1.07. The van der Waals surface area contributed by atoms with Crippen LogP contribution in [0.4, 0.5) is 0 Å². The number of fused-ring (bicyclic) bond motifs is 13. The molecule has 2 aromatic heterocycles. The number of aromatic nitrogens is 2. The molecule has 2 nitrogen and oxygen atoms in total. The topological polar surface area (TPSA) is 9.86 Å². The molecule has 0 atom stereocenters. The molecule has 2 heteroatoms. The molecule has 2 heterocycles. The van der Waals surface area contributed by atoms with Gasteiger partial charge in [0, 0.05) is 43.7 Å². The fourth-order valence-electron chi connectivity index (χ4n) is 9.96. The van der Waals surface area contributed by atoms with E-state index < -0.39 is 0 Å². The summed E-state index contributed by atoms with van der Waals surface area (Å²) < 4.78 is 4.96. The van der Waals surface area contributed by atoms with E-state index in [1.54, 1.807) is 0 Å². The van der Waals surface area contributed by atoms with Gasteiger partial charge in [0.05, 0.1) is 22.1 Å². The molecule has 0 fully saturated rings. The molecule has 56 heavy (non-hydrogen) atoms. The van der Waals surface area contributed by atoms with Crippen molar-refractivity contribution in [3.63, 3.8) is 0 Å². The molecule has 0 saturated carbocycles. The van der Waals surface area contributed by atoms with Gasteiger partial charge in [0.2, 0.25) is 0 Å². The number of hydrogen-bond acceptors (Lipinski definition) is 0. The van der Waals surface area contributed by atoms with Gasteiger partial charge in [-0.05, 0) is 103 Å². The highest BCUT2D eigenvalue weighted by Crippen LogP contribution is 2.49. The molecule has 0 N–H and O–H groups in total. The van der Waals surface area contributed by atoms with Gasteiger partial charge < -0.3 is 9.13 Å². The van der Waals surface area contributed by atoms with Crippen LogP contribution in [0.15, 0.2) is 194 Å². The van der Waals surface area contributed by atoms with Crippen molar-refractivity contribution >= 4 is 75.9 Å². The number of nitrogens with zero attached hydrogens (tertiary/aromatic N) is 2. The van der Waals surface area contributed by atoms with E-state index in [1.165, 1.54) is 121 Å². The van der Waals surface area contributed by atoms with Crippen molar-refractivity contribution in [1.82, 2.24) is 9.13 Å². The van der Waals surface area contributed by atoms with Crippen molar-refractivity contribution in [2.75, 3.05) is 0 Å². The molecule has 0 unspecified atom stereocenters. The van der Waals surface area contributed by atoms with Crippen LogP contribution >= 0.6 is 0 Å². The molecule has 12 aromatic rings. The van der Waals surface area contributed by atoms with E-state index in [1.807, 2.05) is 0 Å². The van der Waals surface area contributed by atoms with Crippen molar-refractivity contribution in [2.24, 2.45) is 0 Å². The maximum Gasteiger partial charge on any atom is 0.0619 e. The number of para-hydroxylation sites is 1. The maximum atomic E-state index is 2.52. The minimum absolute atomic E-state index is 1.17. The van der Waals surface area contributed by atoms with Crippen molar-refractivity contribution in [3.8, 4) is 44.8 Å². The summed E-state index contributed by atoms with van der Waals surface area (Å²) in [6.45, 7) is 0. The Morgan fingerprint density at radius 1 is 0.268 bits per heavy atom. The van der Waals surface area contributed by atoms with E-state index in [-0.39, 0.29) is 0 Å². The molecule has 0 aliphatic heterocycles. The van der Waals surface area contributed by atoms with E-state index in [0.29, 0.717) is 0 Å². The van der Waals surface area contributed by atoms with Crippen LogP contribution in [-0.4, -0.2) is 9.13 Å². The number of hydrogen-bond donors (Lipinski definition) is 0. The fourth-order valence-corrected chi connectivity index (χ4v) is 9.96. The molecule has 1 aliphatic rings. The van der Waals surface area contributed by atoms with Crippen molar-refractivity contribution in [2.45, 2.75) is 0 Å². The van der Waals surface area contributed by atoms with Gasteiger partial charge in [-0.1, -0.05) is 146 Å². The lowest BCUT2D eigenvalue weighted by Crippen LogP contribution is -1.95. The first-order valence-electron chi connectivity index (χ1n) is 19.4. The minimum atomic E-state index is 1.17. The Hall–Kier alpha value is -7.42. The lowest BCUT2D eigenvalue weighted by Gasteiger charge is -2.13. The zero-order valence-corrected chi connectivity index (χ0v) is 30.4. The quantitative estimate of drug-likeness (QED) is 0.173. The van der Waals surface area contributed by atoms with Crippen LogP contribution < -0.4 is 0 Å². The molecule has 258 valence electrons. The van der Waals surface area contributed by atoms with E-state index >= 15 is 0 Å². The SMILES string of the molecule is c1ccc(-n2c3ccc(-c4ccc5c(c4)c4ccc6ccccc6c4n5-c4cc5c6c(cccc6c4)-c4ccccc4-5)cc3c3ccc4ccccc4c32)cc1. The average molecular weight is 709 g/mol. The van der Waals surface area contributed by atoms with Crippen LogP contribution in [0.5, 0.6) is 0 Å². The van der Waals surface area contributed by atoms with Crippen LogP contribution in [0, 0.1) is 0 Å². The predicted molar refractivity (Wildman–Crippen MR) is 238 cm³/mol. The standard InChI is InChI=1S/C54H32N2/c1-2-14-38(15-3-1)55-50-27-23-35(30-47(50)45-25-21-33-11-4-6-16-40(33)53(45)55)36-24-28-51-48(31-36)46-26-22-34-12-5-7-17-41(34)54(46)56(51)39-29-37-13-10-20-44-42-18-8-9-19-43(42)49(32-39)52(37)44/h1-32H. The van der Waals surface area contributed by atoms with Crippen LogP contribution in [0.3, 0.4) is 0 Å². The second-order valence-corrected chi connectivity index (χ2v) is 15.3. The van der Waals surface area contributed by atoms with Crippen molar-refractivity contribution in [1.29, 1.82) is 0 Å². The normalized spacial score (nSPS) is 12.3. The van der Waals surface area contributed by atoms with Crippen molar-refractivity contribution in [3.05, 3.63) is 194 Å². The molecule has 0 amide bonds. The Morgan fingerprint density at radius 3 is 1.43 bits per heavy atom. The zero-order chi connectivity index (χ0) is 36.5. The summed E-state index contributed by atoms with van der Waals surface area (Å²) in [6.07, 6.45) is 0. The summed E-state index contributed by atoms with van der Waals surface area (Å²) >= 11 is 0. The lowest BCUT2D eigenvalue weighted by atomic mass is 9.99. The van der Waals surface area contributed by atoms with Crippen LogP contribution in [-0.2, 0) is 0 Å². The van der Waals surface area contributed by atoms with Crippen molar-refractivity contribution < 1.29 is 0 Å². The summed E-state index contributed by atoms with van der Waals surface area (Å²) in [5.41, 5.74) is 15.0. The predicted octanol–water partition coefficient (Wildman–Crippen LogP) is 14.7. The Morgan fingerprint density at radius 2 is 0.786 bits per heavy atom. The summed E-state index contributed by atoms with van der Waals surface area (Å²) in [6, 6.07) is 72.1. The molecule has 1 aliphatic carbocycles. The molecule has 0 radical (unpaired) electrons. The van der Waals surface area contributed by atoms with Crippen LogP contribution in [0.2, 0.25) is 0 Å². The van der Waals surface area contributed by atoms with Gasteiger partial charge in [0.15, 0.2) is 0 Å².